The Morgan fingerprint density at radius 2 is 1.94 bits per heavy atom. The summed E-state index contributed by atoms with van der Waals surface area (Å²) in [4.78, 5) is 0. The van der Waals surface area contributed by atoms with Crippen LogP contribution in [0, 0.1) is 11.5 Å². The number of ether oxygens (including phenoxy) is 2. The van der Waals surface area contributed by atoms with Gasteiger partial charge >= 0.3 is 6.18 Å². The number of hydrogen-bond donors (Lipinski definition) is 0. The summed E-state index contributed by atoms with van der Waals surface area (Å²) in [5.41, 5.74) is -0.959. The molecule has 1 aromatic rings. The molecule has 0 heterocycles. The molecule has 6 heteroatoms. The Morgan fingerprint density at radius 3 is 2.41 bits per heavy atom. The van der Waals surface area contributed by atoms with E-state index in [0.717, 1.165) is 12.1 Å². The van der Waals surface area contributed by atoms with Gasteiger partial charge in [-0.2, -0.15) is 13.2 Å². The van der Waals surface area contributed by atoms with Crippen LogP contribution in [-0.4, -0.2) is 6.10 Å². The second kappa shape index (κ2) is 4.95. The number of halogens is 3. The molecule has 0 saturated heterocycles. The van der Waals surface area contributed by atoms with Gasteiger partial charge in [-0.1, -0.05) is 0 Å². The maximum Gasteiger partial charge on any atom is 0.420 e. The highest BCUT2D eigenvalue weighted by molar-refractivity contribution is 5.42. The normalized spacial score (nSPS) is 11.1. The number of nitriles is 1. The van der Waals surface area contributed by atoms with Crippen LogP contribution in [0.25, 0.3) is 0 Å². The largest absolute Gasteiger partial charge is 0.490 e. The fourth-order valence-electron chi connectivity index (χ4n) is 1.20. The van der Waals surface area contributed by atoms with Crippen molar-refractivity contribution in [3.63, 3.8) is 0 Å². The van der Waals surface area contributed by atoms with Crippen molar-refractivity contribution in [1.82, 2.24) is 0 Å². The zero-order chi connectivity index (χ0) is 13.1. The molecule has 0 aliphatic rings. The molecule has 92 valence electrons. The quantitative estimate of drug-likeness (QED) is 0.767. The van der Waals surface area contributed by atoms with Crippen molar-refractivity contribution in [2.75, 3.05) is 0 Å². The molecule has 1 aromatic carbocycles. The third-order valence-electron chi connectivity index (χ3n) is 1.78. The Bertz CT molecular complexity index is 435. The van der Waals surface area contributed by atoms with E-state index in [4.69, 9.17) is 10.00 Å². The highest BCUT2D eigenvalue weighted by Gasteiger charge is 2.35. The van der Waals surface area contributed by atoms with Crippen LogP contribution in [0.3, 0.4) is 0 Å². The molecule has 17 heavy (non-hydrogen) atoms. The molecule has 0 N–H and O–H groups in total. The maximum atomic E-state index is 12.7. The fraction of sp³-hybridized carbons (Fsp3) is 0.364. The summed E-state index contributed by atoms with van der Waals surface area (Å²) in [5.74, 6) is -0.450. The lowest BCUT2D eigenvalue weighted by molar-refractivity contribution is -0.139. The van der Waals surface area contributed by atoms with Crippen LogP contribution >= 0.6 is 0 Å². The number of nitrogens with zero attached hydrogens (tertiary/aromatic N) is 1. The van der Waals surface area contributed by atoms with Crippen LogP contribution in [0.2, 0.25) is 0 Å². The standard InChI is InChI=1S/C11H10F3NO2/c1-7(2)17-10-4-3-8(16-6-15)5-9(10)11(12,13)14/h3-5,7H,1-2H3. The Hall–Kier alpha value is -1.90. The average molecular weight is 245 g/mol. The van der Waals surface area contributed by atoms with Gasteiger partial charge in [-0.3, -0.25) is 0 Å². The molecule has 0 amide bonds. The predicted octanol–water partition coefficient (Wildman–Crippen LogP) is 3.35. The van der Waals surface area contributed by atoms with Crippen LogP contribution in [0.5, 0.6) is 11.5 Å². The summed E-state index contributed by atoms with van der Waals surface area (Å²) in [6.07, 6.45) is -3.62. The molecule has 0 aliphatic carbocycles. The monoisotopic (exact) mass is 245 g/mol. The van der Waals surface area contributed by atoms with Gasteiger partial charge < -0.3 is 9.47 Å². The molecule has 1 rings (SSSR count). The first-order valence-electron chi connectivity index (χ1n) is 4.78. The summed E-state index contributed by atoms with van der Waals surface area (Å²) in [7, 11) is 0. The van der Waals surface area contributed by atoms with E-state index in [0.29, 0.717) is 0 Å². The minimum absolute atomic E-state index is 0.170. The van der Waals surface area contributed by atoms with Gasteiger partial charge in [-0.25, -0.2) is 0 Å². The van der Waals surface area contributed by atoms with Gasteiger partial charge in [0.2, 0.25) is 0 Å². The van der Waals surface area contributed by atoms with Crippen molar-refractivity contribution in [1.29, 1.82) is 5.26 Å². The predicted molar refractivity (Wildman–Crippen MR) is 53.4 cm³/mol. The lowest BCUT2D eigenvalue weighted by atomic mass is 10.2. The number of rotatable bonds is 3. The summed E-state index contributed by atoms with van der Waals surface area (Å²) in [5, 5.41) is 8.24. The van der Waals surface area contributed by atoms with Gasteiger partial charge in [0.1, 0.15) is 17.1 Å². The van der Waals surface area contributed by atoms with Crippen molar-refractivity contribution >= 4 is 0 Å². The van der Waals surface area contributed by atoms with Gasteiger partial charge in [0, 0.05) is 0 Å². The van der Waals surface area contributed by atoms with E-state index in [9.17, 15) is 13.2 Å². The van der Waals surface area contributed by atoms with E-state index < -0.39 is 11.7 Å². The highest BCUT2D eigenvalue weighted by Crippen LogP contribution is 2.38. The molecule has 3 nitrogen and oxygen atoms in total. The van der Waals surface area contributed by atoms with Crippen LogP contribution < -0.4 is 9.47 Å². The second-order valence-electron chi connectivity index (χ2n) is 3.52. The first-order valence-corrected chi connectivity index (χ1v) is 4.78. The van der Waals surface area contributed by atoms with Crippen LogP contribution in [0.15, 0.2) is 18.2 Å². The topological polar surface area (TPSA) is 42.2 Å². The molecule has 0 radical (unpaired) electrons. The van der Waals surface area contributed by atoms with E-state index in [1.54, 1.807) is 13.8 Å². The second-order valence-corrected chi connectivity index (χ2v) is 3.52. The smallest absolute Gasteiger partial charge is 0.420 e. The van der Waals surface area contributed by atoms with E-state index in [2.05, 4.69) is 4.74 Å². The number of benzene rings is 1. The third-order valence-corrected chi connectivity index (χ3v) is 1.78. The maximum absolute atomic E-state index is 12.7. The average Bonchev–Trinajstić information content (AvgIpc) is 2.18. The Kier molecular flexibility index (Phi) is 3.84. The molecule has 0 aromatic heterocycles. The molecule has 0 atom stereocenters. The lowest BCUT2D eigenvalue weighted by Gasteiger charge is -2.16. The zero-order valence-electron chi connectivity index (χ0n) is 9.21. The molecular weight excluding hydrogens is 235 g/mol. The SMILES string of the molecule is CC(C)Oc1ccc(OC#N)cc1C(F)(F)F. The number of hydrogen-bond acceptors (Lipinski definition) is 3. The molecular formula is C11H10F3NO2. The van der Waals surface area contributed by atoms with Crippen LogP contribution in [0.4, 0.5) is 13.2 Å². The van der Waals surface area contributed by atoms with Crippen LogP contribution in [-0.2, 0) is 6.18 Å². The first-order chi connectivity index (χ1) is 7.84. The lowest BCUT2D eigenvalue weighted by Crippen LogP contribution is -2.13. The van der Waals surface area contributed by atoms with E-state index in [1.807, 2.05) is 0 Å². The fourth-order valence-corrected chi connectivity index (χ4v) is 1.20. The van der Waals surface area contributed by atoms with E-state index in [1.165, 1.54) is 12.3 Å². The van der Waals surface area contributed by atoms with Gasteiger partial charge in [-0.15, -0.1) is 5.26 Å². The zero-order valence-corrected chi connectivity index (χ0v) is 9.21. The molecule has 0 bridgehead atoms. The van der Waals surface area contributed by atoms with Crippen molar-refractivity contribution in [3.8, 4) is 17.8 Å². The Labute approximate surface area is 96.4 Å². The van der Waals surface area contributed by atoms with Gasteiger partial charge in [0.15, 0.2) is 0 Å². The summed E-state index contributed by atoms with van der Waals surface area (Å²) < 4.78 is 47.5. The van der Waals surface area contributed by atoms with Crippen molar-refractivity contribution in [3.05, 3.63) is 23.8 Å². The minimum Gasteiger partial charge on any atom is -0.490 e. The number of alkyl halides is 3. The highest BCUT2D eigenvalue weighted by atomic mass is 19.4. The molecule has 0 unspecified atom stereocenters. The van der Waals surface area contributed by atoms with Gasteiger partial charge in [0.05, 0.1) is 6.10 Å². The molecule has 0 fully saturated rings. The van der Waals surface area contributed by atoms with Crippen molar-refractivity contribution in [2.45, 2.75) is 26.1 Å². The summed E-state index contributed by atoms with van der Waals surface area (Å²) in [6.45, 7) is 3.25. The Balaban J connectivity index is 3.18. The molecule has 0 spiro atoms. The molecule has 0 aliphatic heterocycles. The first kappa shape index (κ1) is 13.2. The van der Waals surface area contributed by atoms with Crippen molar-refractivity contribution in [2.24, 2.45) is 0 Å². The van der Waals surface area contributed by atoms with Crippen LogP contribution in [0.1, 0.15) is 19.4 Å². The minimum atomic E-state index is -4.56. The third kappa shape index (κ3) is 3.55. The van der Waals surface area contributed by atoms with Gasteiger partial charge in [-0.05, 0) is 32.0 Å². The Morgan fingerprint density at radius 1 is 1.29 bits per heavy atom. The van der Waals surface area contributed by atoms with E-state index >= 15 is 0 Å². The summed E-state index contributed by atoms with van der Waals surface area (Å²) in [6, 6.07) is 3.12. The summed E-state index contributed by atoms with van der Waals surface area (Å²) >= 11 is 0. The molecule has 0 saturated carbocycles. The van der Waals surface area contributed by atoms with Crippen molar-refractivity contribution < 1.29 is 22.6 Å². The van der Waals surface area contributed by atoms with E-state index in [-0.39, 0.29) is 17.6 Å². The van der Waals surface area contributed by atoms with Gasteiger partial charge in [0.25, 0.3) is 6.26 Å².